The molecule has 2 rings (SSSR count). The average molecular weight is 296 g/mol. The van der Waals surface area contributed by atoms with Crippen LogP contribution in [-0.2, 0) is 9.09 Å². The zero-order valence-electron chi connectivity index (χ0n) is 13.0. The molecule has 0 aliphatic carbocycles. The van der Waals surface area contributed by atoms with Crippen LogP contribution in [-0.4, -0.2) is 31.9 Å². The van der Waals surface area contributed by atoms with E-state index in [4.69, 9.17) is 4.52 Å². The Morgan fingerprint density at radius 1 is 1.25 bits per heavy atom. The van der Waals surface area contributed by atoms with E-state index in [1.54, 1.807) is 4.67 Å². The largest absolute Gasteiger partial charge is 0.370 e. The van der Waals surface area contributed by atoms with Crippen LogP contribution in [0, 0.1) is 11.3 Å². The summed E-state index contributed by atoms with van der Waals surface area (Å²) < 4.78 is 22.7. The second kappa shape index (κ2) is 5.51. The first-order valence-electron chi connectivity index (χ1n) is 7.00. The van der Waals surface area contributed by atoms with Crippen molar-refractivity contribution in [3.05, 3.63) is 30.3 Å². The van der Waals surface area contributed by atoms with Crippen LogP contribution >= 0.6 is 7.67 Å². The summed E-state index contributed by atoms with van der Waals surface area (Å²) in [6.07, 6.45) is 0. The number of para-hydroxylation sites is 1. The molecule has 1 aromatic carbocycles. The monoisotopic (exact) mass is 296 g/mol. The molecule has 0 unspecified atom stereocenters. The van der Waals surface area contributed by atoms with Crippen molar-refractivity contribution >= 4 is 13.4 Å². The van der Waals surface area contributed by atoms with Gasteiger partial charge in [0.25, 0.3) is 0 Å². The van der Waals surface area contributed by atoms with E-state index >= 15 is 0 Å². The normalized spacial score (nSPS) is 27.9. The van der Waals surface area contributed by atoms with Gasteiger partial charge in [0.15, 0.2) is 0 Å². The van der Waals surface area contributed by atoms with Gasteiger partial charge in [0.1, 0.15) is 0 Å². The van der Waals surface area contributed by atoms with Crippen LogP contribution in [0.4, 0.5) is 5.69 Å². The smallest absolute Gasteiger partial charge is 0.301 e. The lowest BCUT2D eigenvalue weighted by Crippen LogP contribution is -2.44. The Hall–Kier alpha value is -0.830. The van der Waals surface area contributed by atoms with Crippen molar-refractivity contribution in [3.8, 4) is 0 Å². The standard InChI is InChI=1S/C15H25N2O2P/c1-15(2,3)13-11-17(14-9-7-6-8-10-14)20(18,16(4)5)19-12-13/h6-10,13H,11-12H2,1-5H3/t13-,20-/m1/s1. The molecule has 1 aliphatic heterocycles. The minimum Gasteiger partial charge on any atom is -0.301 e. The predicted molar refractivity (Wildman–Crippen MR) is 84.0 cm³/mol. The molecule has 0 saturated carbocycles. The number of rotatable bonds is 2. The summed E-state index contributed by atoms with van der Waals surface area (Å²) in [4.78, 5) is 0. The summed E-state index contributed by atoms with van der Waals surface area (Å²) >= 11 is 0. The Bertz CT molecular complexity index is 496. The Labute approximate surface area is 122 Å². The van der Waals surface area contributed by atoms with Gasteiger partial charge < -0.3 is 4.52 Å². The van der Waals surface area contributed by atoms with Gasteiger partial charge in [-0.05, 0) is 31.6 Å². The SMILES string of the molecule is CN(C)[P@@]1(=O)OC[C@H](C(C)(C)C)CN1c1ccccc1. The molecule has 1 heterocycles. The van der Waals surface area contributed by atoms with Crippen LogP contribution in [0.5, 0.6) is 0 Å². The first-order valence-corrected chi connectivity index (χ1v) is 8.53. The molecule has 0 radical (unpaired) electrons. The van der Waals surface area contributed by atoms with Crippen molar-refractivity contribution in [2.24, 2.45) is 11.3 Å². The molecule has 5 heteroatoms. The minimum absolute atomic E-state index is 0.130. The van der Waals surface area contributed by atoms with Gasteiger partial charge in [-0.2, -0.15) is 0 Å². The molecular formula is C15H25N2O2P. The van der Waals surface area contributed by atoms with Crippen molar-refractivity contribution in [3.63, 3.8) is 0 Å². The quantitative estimate of drug-likeness (QED) is 0.776. The van der Waals surface area contributed by atoms with E-state index in [9.17, 15) is 4.57 Å². The highest BCUT2D eigenvalue weighted by Gasteiger charge is 2.43. The van der Waals surface area contributed by atoms with Gasteiger partial charge in [-0.25, -0.2) is 9.24 Å². The first kappa shape index (κ1) is 15.6. The molecule has 20 heavy (non-hydrogen) atoms. The Kier molecular flexibility index (Phi) is 4.29. The number of anilines is 1. The summed E-state index contributed by atoms with van der Waals surface area (Å²) in [5, 5.41) is 0. The van der Waals surface area contributed by atoms with Crippen LogP contribution < -0.4 is 4.67 Å². The lowest BCUT2D eigenvalue weighted by molar-refractivity contribution is 0.126. The van der Waals surface area contributed by atoms with Crippen molar-refractivity contribution < 1.29 is 9.09 Å². The highest BCUT2D eigenvalue weighted by atomic mass is 31.2. The van der Waals surface area contributed by atoms with Crippen LogP contribution in [0.2, 0.25) is 0 Å². The van der Waals surface area contributed by atoms with Gasteiger partial charge in [-0.3, -0.25) is 4.67 Å². The Morgan fingerprint density at radius 3 is 2.35 bits per heavy atom. The maximum Gasteiger partial charge on any atom is 0.370 e. The van der Waals surface area contributed by atoms with E-state index in [1.165, 1.54) is 0 Å². The maximum atomic E-state index is 13.2. The third kappa shape index (κ3) is 2.93. The van der Waals surface area contributed by atoms with Crippen LogP contribution in [0.15, 0.2) is 30.3 Å². The zero-order valence-corrected chi connectivity index (χ0v) is 13.9. The van der Waals surface area contributed by atoms with Crippen molar-refractivity contribution in [1.82, 2.24) is 4.67 Å². The third-order valence-electron chi connectivity index (χ3n) is 3.93. The number of benzene rings is 1. The summed E-state index contributed by atoms with van der Waals surface area (Å²) in [7, 11) is 0.670. The lowest BCUT2D eigenvalue weighted by atomic mass is 9.81. The number of hydrogen-bond donors (Lipinski definition) is 0. The van der Waals surface area contributed by atoms with Gasteiger partial charge in [-0.15, -0.1) is 0 Å². The fourth-order valence-corrected chi connectivity index (χ4v) is 4.33. The van der Waals surface area contributed by atoms with E-state index in [2.05, 4.69) is 20.8 Å². The molecule has 1 fully saturated rings. The Balaban J connectivity index is 2.37. The summed E-state index contributed by atoms with van der Waals surface area (Å²) in [5.74, 6) is 0.352. The average Bonchev–Trinajstić information content (AvgIpc) is 2.38. The molecule has 0 spiro atoms. The topological polar surface area (TPSA) is 32.8 Å². The van der Waals surface area contributed by atoms with Gasteiger partial charge in [0, 0.05) is 18.2 Å². The second-order valence-corrected chi connectivity index (χ2v) is 9.14. The molecular weight excluding hydrogens is 271 g/mol. The molecule has 1 saturated heterocycles. The van der Waals surface area contributed by atoms with E-state index in [-0.39, 0.29) is 5.41 Å². The van der Waals surface area contributed by atoms with Crippen molar-refractivity contribution in [2.75, 3.05) is 31.9 Å². The number of hydrogen-bond acceptors (Lipinski definition) is 2. The fourth-order valence-electron chi connectivity index (χ4n) is 2.33. The third-order valence-corrected chi connectivity index (χ3v) is 6.43. The zero-order chi connectivity index (χ0) is 15.0. The van der Waals surface area contributed by atoms with Gasteiger partial charge in [-0.1, -0.05) is 39.0 Å². The second-order valence-electron chi connectivity index (χ2n) is 6.61. The first-order chi connectivity index (χ1) is 9.25. The Morgan fingerprint density at radius 2 is 1.85 bits per heavy atom. The van der Waals surface area contributed by atoms with Crippen molar-refractivity contribution in [1.29, 1.82) is 0 Å². The predicted octanol–water partition coefficient (Wildman–Crippen LogP) is 3.86. The van der Waals surface area contributed by atoms with Crippen LogP contribution in [0.25, 0.3) is 0 Å². The fraction of sp³-hybridized carbons (Fsp3) is 0.600. The van der Waals surface area contributed by atoms with Crippen LogP contribution in [0.3, 0.4) is 0 Å². The number of nitrogens with zero attached hydrogens (tertiary/aromatic N) is 2. The van der Waals surface area contributed by atoms with Gasteiger partial charge in [0.2, 0.25) is 0 Å². The summed E-state index contributed by atoms with van der Waals surface area (Å²) in [5.41, 5.74) is 1.09. The molecule has 1 aliphatic rings. The van der Waals surface area contributed by atoms with E-state index in [0.717, 1.165) is 12.2 Å². The molecule has 0 bridgehead atoms. The molecule has 4 nitrogen and oxygen atoms in total. The molecule has 0 aromatic heterocycles. The minimum atomic E-state index is -2.96. The molecule has 2 atom stereocenters. The molecule has 0 amide bonds. The molecule has 112 valence electrons. The van der Waals surface area contributed by atoms with Crippen LogP contribution in [0.1, 0.15) is 20.8 Å². The lowest BCUT2D eigenvalue weighted by Gasteiger charge is -2.46. The van der Waals surface area contributed by atoms with E-state index in [1.807, 2.05) is 49.1 Å². The summed E-state index contributed by atoms with van der Waals surface area (Å²) in [6.45, 7) is 7.91. The van der Waals surface area contributed by atoms with Crippen molar-refractivity contribution in [2.45, 2.75) is 20.8 Å². The van der Waals surface area contributed by atoms with E-state index in [0.29, 0.717) is 12.5 Å². The van der Waals surface area contributed by atoms with Gasteiger partial charge in [0.05, 0.1) is 6.61 Å². The van der Waals surface area contributed by atoms with E-state index < -0.39 is 7.67 Å². The highest BCUT2D eigenvalue weighted by molar-refractivity contribution is 7.58. The molecule has 1 aromatic rings. The maximum absolute atomic E-state index is 13.2. The summed E-state index contributed by atoms with van der Waals surface area (Å²) in [6, 6.07) is 9.89. The molecule has 0 N–H and O–H groups in total. The van der Waals surface area contributed by atoms with Gasteiger partial charge >= 0.3 is 7.67 Å². The highest BCUT2D eigenvalue weighted by Crippen LogP contribution is 2.58.